The Kier molecular flexibility index (Phi) is 4.35. The topological polar surface area (TPSA) is 59.4 Å². The quantitative estimate of drug-likeness (QED) is 0.890. The highest BCUT2D eigenvalue weighted by molar-refractivity contribution is 5.90. The largest absolute Gasteiger partial charge is 0.477 e. The lowest BCUT2D eigenvalue weighted by molar-refractivity contribution is 0.0693. The van der Waals surface area contributed by atoms with Crippen LogP contribution in [0, 0.1) is 0 Å². The van der Waals surface area contributed by atoms with Crippen molar-refractivity contribution in [3.63, 3.8) is 0 Å². The van der Waals surface area contributed by atoms with Crippen LogP contribution < -0.4 is 4.74 Å². The van der Waals surface area contributed by atoms with Gasteiger partial charge >= 0.3 is 5.97 Å². The summed E-state index contributed by atoms with van der Waals surface area (Å²) in [6.07, 6.45) is 3.87. The van der Waals surface area contributed by atoms with Gasteiger partial charge in [0.05, 0.1) is 0 Å². The van der Waals surface area contributed by atoms with Gasteiger partial charge in [-0.2, -0.15) is 0 Å². The van der Waals surface area contributed by atoms with E-state index < -0.39 is 5.97 Å². The van der Waals surface area contributed by atoms with E-state index in [-0.39, 0.29) is 5.56 Å². The van der Waals surface area contributed by atoms with Crippen LogP contribution in [0.15, 0.2) is 42.7 Å². The number of carbonyl (C=O) groups is 1. The van der Waals surface area contributed by atoms with E-state index in [4.69, 9.17) is 9.84 Å². The molecule has 2 aromatic rings. The summed E-state index contributed by atoms with van der Waals surface area (Å²) >= 11 is 0. The molecule has 0 radical (unpaired) electrons. The number of aromatic carboxylic acids is 1. The first-order valence-electron chi connectivity index (χ1n) is 6.57. The minimum Gasteiger partial charge on any atom is -0.477 e. The average Bonchev–Trinajstić information content (AvgIpc) is 2.47. The molecule has 1 atom stereocenters. The van der Waals surface area contributed by atoms with Crippen LogP contribution in [0.1, 0.15) is 42.1 Å². The van der Waals surface area contributed by atoms with Gasteiger partial charge in [-0.05, 0) is 30.0 Å². The van der Waals surface area contributed by atoms with Crippen LogP contribution in [0.3, 0.4) is 0 Å². The number of benzene rings is 1. The van der Waals surface area contributed by atoms with E-state index in [0.717, 1.165) is 6.42 Å². The molecule has 1 heterocycles. The zero-order valence-corrected chi connectivity index (χ0v) is 11.5. The fraction of sp³-hybridized carbons (Fsp3) is 0.250. The van der Waals surface area contributed by atoms with Crippen LogP contribution in [0.4, 0.5) is 0 Å². The predicted octanol–water partition coefficient (Wildman–Crippen LogP) is 4.09. The summed E-state index contributed by atoms with van der Waals surface area (Å²) in [5, 5.41) is 9.07. The average molecular weight is 271 g/mol. The third-order valence-electron chi connectivity index (χ3n) is 3.30. The van der Waals surface area contributed by atoms with Crippen molar-refractivity contribution in [3.8, 4) is 11.5 Å². The van der Waals surface area contributed by atoms with Crippen molar-refractivity contribution in [3.05, 3.63) is 53.9 Å². The maximum atomic E-state index is 11.1. The van der Waals surface area contributed by atoms with E-state index >= 15 is 0 Å². The molecule has 0 aliphatic carbocycles. The molecule has 4 nitrogen and oxygen atoms in total. The van der Waals surface area contributed by atoms with Crippen molar-refractivity contribution in [1.82, 2.24) is 4.98 Å². The molecule has 0 fully saturated rings. The Hall–Kier alpha value is -2.36. The number of rotatable bonds is 5. The number of pyridine rings is 1. The van der Waals surface area contributed by atoms with Gasteiger partial charge < -0.3 is 9.84 Å². The Labute approximate surface area is 118 Å². The van der Waals surface area contributed by atoms with E-state index in [1.54, 1.807) is 6.07 Å². The molecule has 0 bridgehead atoms. The molecule has 1 aromatic heterocycles. The van der Waals surface area contributed by atoms with Gasteiger partial charge in [0.1, 0.15) is 17.1 Å². The van der Waals surface area contributed by atoms with Crippen molar-refractivity contribution >= 4 is 5.97 Å². The molecule has 104 valence electrons. The molecular formula is C16H17NO3. The molecule has 0 saturated carbocycles. The van der Waals surface area contributed by atoms with Crippen LogP contribution in [0.5, 0.6) is 11.5 Å². The molecule has 0 aliphatic heterocycles. The summed E-state index contributed by atoms with van der Waals surface area (Å²) < 4.78 is 5.62. The first-order valence-corrected chi connectivity index (χ1v) is 6.57. The molecule has 0 aliphatic rings. The van der Waals surface area contributed by atoms with Crippen molar-refractivity contribution in [1.29, 1.82) is 0 Å². The zero-order valence-electron chi connectivity index (χ0n) is 11.5. The molecule has 1 aromatic carbocycles. The number of carboxylic acid groups (broad SMARTS) is 1. The molecule has 0 spiro atoms. The second kappa shape index (κ2) is 6.19. The number of hydrogen-bond donors (Lipinski definition) is 1. The molecule has 20 heavy (non-hydrogen) atoms. The van der Waals surface area contributed by atoms with Crippen LogP contribution >= 0.6 is 0 Å². The second-order valence-corrected chi connectivity index (χ2v) is 4.66. The van der Waals surface area contributed by atoms with E-state index in [1.165, 1.54) is 18.0 Å². The Morgan fingerprint density at radius 2 is 2.00 bits per heavy atom. The molecule has 2 rings (SSSR count). The van der Waals surface area contributed by atoms with Crippen LogP contribution in [-0.4, -0.2) is 16.1 Å². The summed E-state index contributed by atoms with van der Waals surface area (Å²) in [6, 6.07) is 9.27. The highest BCUT2D eigenvalue weighted by Gasteiger charge is 2.12. The van der Waals surface area contributed by atoms with Gasteiger partial charge in [0.25, 0.3) is 0 Å². The summed E-state index contributed by atoms with van der Waals surface area (Å²) in [6.45, 7) is 4.31. The summed E-state index contributed by atoms with van der Waals surface area (Å²) in [7, 11) is 0. The van der Waals surface area contributed by atoms with Crippen LogP contribution in [0.25, 0.3) is 0 Å². The first kappa shape index (κ1) is 14.1. The second-order valence-electron chi connectivity index (χ2n) is 4.66. The van der Waals surface area contributed by atoms with Gasteiger partial charge in [0.15, 0.2) is 0 Å². The Morgan fingerprint density at radius 3 is 2.60 bits per heavy atom. The lowest BCUT2D eigenvalue weighted by Crippen LogP contribution is -2.00. The lowest BCUT2D eigenvalue weighted by Gasteiger charge is -2.11. The number of hydrogen-bond acceptors (Lipinski definition) is 3. The van der Waals surface area contributed by atoms with Crippen LogP contribution in [0.2, 0.25) is 0 Å². The van der Waals surface area contributed by atoms with Gasteiger partial charge in [-0.15, -0.1) is 0 Å². The Bertz CT molecular complexity index is 593. The summed E-state index contributed by atoms with van der Waals surface area (Å²) in [5.41, 5.74) is 1.30. The van der Waals surface area contributed by atoms with Crippen molar-refractivity contribution in [2.45, 2.75) is 26.2 Å². The van der Waals surface area contributed by atoms with Gasteiger partial charge in [-0.25, -0.2) is 4.79 Å². The highest BCUT2D eigenvalue weighted by atomic mass is 16.5. The maximum absolute atomic E-state index is 11.1. The third kappa shape index (κ3) is 3.15. The summed E-state index contributed by atoms with van der Waals surface area (Å²) in [5.74, 6) is 0.360. The fourth-order valence-corrected chi connectivity index (χ4v) is 1.86. The molecular weight excluding hydrogens is 254 g/mol. The van der Waals surface area contributed by atoms with Crippen molar-refractivity contribution < 1.29 is 14.6 Å². The van der Waals surface area contributed by atoms with E-state index in [0.29, 0.717) is 17.4 Å². The highest BCUT2D eigenvalue weighted by Crippen LogP contribution is 2.27. The van der Waals surface area contributed by atoms with Gasteiger partial charge in [-0.1, -0.05) is 26.0 Å². The van der Waals surface area contributed by atoms with E-state index in [1.807, 2.05) is 24.3 Å². The van der Waals surface area contributed by atoms with Crippen LogP contribution in [-0.2, 0) is 0 Å². The van der Waals surface area contributed by atoms with E-state index in [9.17, 15) is 4.79 Å². The molecule has 4 heteroatoms. The minimum atomic E-state index is -1.05. The normalized spacial score (nSPS) is 11.9. The zero-order chi connectivity index (χ0) is 14.5. The molecule has 1 N–H and O–H groups in total. The Balaban J connectivity index is 2.20. The molecule has 0 amide bonds. The minimum absolute atomic E-state index is 0.0542. The first-order chi connectivity index (χ1) is 9.61. The molecule has 1 unspecified atom stereocenters. The number of carboxylic acids is 1. The number of ether oxygens (including phenoxy) is 1. The monoisotopic (exact) mass is 271 g/mol. The van der Waals surface area contributed by atoms with Crippen molar-refractivity contribution in [2.24, 2.45) is 0 Å². The van der Waals surface area contributed by atoms with Gasteiger partial charge in [0.2, 0.25) is 0 Å². The van der Waals surface area contributed by atoms with Gasteiger partial charge in [-0.3, -0.25) is 4.98 Å². The maximum Gasteiger partial charge on any atom is 0.341 e. The Morgan fingerprint density at radius 1 is 1.30 bits per heavy atom. The van der Waals surface area contributed by atoms with Gasteiger partial charge in [0, 0.05) is 18.5 Å². The SMILES string of the molecule is CCC(C)c1ccc(Oc2ccncc2C(=O)O)cc1. The predicted molar refractivity (Wildman–Crippen MR) is 76.4 cm³/mol. The molecule has 0 saturated heterocycles. The number of nitrogens with zero attached hydrogens (tertiary/aromatic N) is 1. The fourth-order valence-electron chi connectivity index (χ4n) is 1.86. The number of aromatic nitrogens is 1. The lowest BCUT2D eigenvalue weighted by atomic mass is 9.99. The third-order valence-corrected chi connectivity index (χ3v) is 3.30. The van der Waals surface area contributed by atoms with E-state index in [2.05, 4.69) is 18.8 Å². The standard InChI is InChI=1S/C16H17NO3/c1-3-11(2)12-4-6-13(7-5-12)20-15-8-9-17-10-14(15)16(18)19/h4-11H,3H2,1-2H3,(H,18,19). The summed E-state index contributed by atoms with van der Waals surface area (Å²) in [4.78, 5) is 14.9. The smallest absolute Gasteiger partial charge is 0.341 e. The van der Waals surface area contributed by atoms with Crippen molar-refractivity contribution in [2.75, 3.05) is 0 Å².